The molecular weight excluding hydrogens is 294 g/mol. The van der Waals surface area contributed by atoms with Gasteiger partial charge < -0.3 is 10.2 Å². The summed E-state index contributed by atoms with van der Waals surface area (Å²) in [6.45, 7) is 1.82. The maximum absolute atomic E-state index is 10.7. The summed E-state index contributed by atoms with van der Waals surface area (Å²) in [5, 5.41) is 20.9. The highest BCUT2D eigenvalue weighted by atomic mass is 16.4. The van der Waals surface area contributed by atoms with Gasteiger partial charge >= 0.3 is 5.97 Å². The second-order valence-electron chi connectivity index (χ2n) is 5.05. The quantitative estimate of drug-likeness (QED) is 0.272. The molecule has 0 spiro atoms. The first-order valence-corrected chi connectivity index (χ1v) is 7.24. The molecule has 0 amide bonds. The van der Waals surface area contributed by atoms with E-state index in [4.69, 9.17) is 5.11 Å². The molecule has 4 N–H and O–H groups in total. The number of benzene rings is 2. The summed E-state index contributed by atoms with van der Waals surface area (Å²) in [5.74, 6) is -0.772. The van der Waals surface area contributed by atoms with Crippen molar-refractivity contribution in [2.45, 2.75) is 13.0 Å². The molecule has 23 heavy (non-hydrogen) atoms. The predicted molar refractivity (Wildman–Crippen MR) is 87.7 cm³/mol. The van der Waals surface area contributed by atoms with Gasteiger partial charge in [0.25, 0.3) is 6.34 Å². The van der Waals surface area contributed by atoms with Crippen molar-refractivity contribution in [1.82, 2.24) is 10.7 Å². The first-order valence-electron chi connectivity index (χ1n) is 7.24. The van der Waals surface area contributed by atoms with E-state index in [-0.39, 0.29) is 18.3 Å². The molecule has 0 aliphatic heterocycles. The smallest absolute Gasteiger partial charge is 0.345 e. The molecule has 2 rings (SSSR count). The molecular formula is C17H20N3O3+. The van der Waals surface area contributed by atoms with E-state index in [1.807, 2.05) is 37.3 Å². The van der Waals surface area contributed by atoms with Crippen LogP contribution in [0.25, 0.3) is 0 Å². The average Bonchev–Trinajstić information content (AvgIpc) is 2.55. The number of phenolic OH excluding ortho intramolecular Hbond substituents is 1. The van der Waals surface area contributed by atoms with E-state index >= 15 is 0 Å². The van der Waals surface area contributed by atoms with E-state index in [0.717, 1.165) is 11.3 Å². The largest absolute Gasteiger partial charge is 0.508 e. The van der Waals surface area contributed by atoms with E-state index in [1.54, 1.807) is 35.3 Å². The van der Waals surface area contributed by atoms with Crippen molar-refractivity contribution in [3.05, 3.63) is 60.2 Å². The van der Waals surface area contributed by atoms with Crippen LogP contribution in [0.1, 0.15) is 18.5 Å². The number of nitrogens with one attached hydrogen (secondary N) is 2. The molecule has 6 heteroatoms. The fourth-order valence-electron chi connectivity index (χ4n) is 2.05. The van der Waals surface area contributed by atoms with Crippen LogP contribution in [0.4, 0.5) is 5.69 Å². The lowest BCUT2D eigenvalue weighted by Crippen LogP contribution is -2.34. The number of carboxylic acid groups (broad SMARTS) is 1. The van der Waals surface area contributed by atoms with Crippen molar-refractivity contribution in [1.29, 1.82) is 0 Å². The molecule has 0 unspecified atom stereocenters. The van der Waals surface area contributed by atoms with Gasteiger partial charge in [-0.3, -0.25) is 5.32 Å². The van der Waals surface area contributed by atoms with Crippen molar-refractivity contribution in [3.8, 4) is 5.75 Å². The first kappa shape index (κ1) is 16.4. The highest BCUT2D eigenvalue weighted by molar-refractivity contribution is 5.72. The number of hydrogen-bond donors (Lipinski definition) is 4. The Bertz CT molecular complexity index is 669. The minimum Gasteiger partial charge on any atom is -0.508 e. The Hall–Kier alpha value is -3.02. The van der Waals surface area contributed by atoms with Crippen LogP contribution >= 0.6 is 0 Å². The molecule has 2 aromatic carbocycles. The molecule has 0 saturated heterocycles. The Balaban J connectivity index is 2.19. The highest BCUT2D eigenvalue weighted by Crippen LogP contribution is 2.18. The fourth-order valence-corrected chi connectivity index (χ4v) is 2.05. The molecule has 0 aliphatic carbocycles. The maximum Gasteiger partial charge on any atom is 0.345 e. The summed E-state index contributed by atoms with van der Waals surface area (Å²) in [4.78, 5) is 10.7. The van der Waals surface area contributed by atoms with E-state index in [9.17, 15) is 9.90 Å². The molecule has 120 valence electrons. The zero-order chi connectivity index (χ0) is 16.7. The van der Waals surface area contributed by atoms with Crippen molar-refractivity contribution in [2.24, 2.45) is 0 Å². The van der Waals surface area contributed by atoms with Crippen LogP contribution < -0.4 is 10.7 Å². The van der Waals surface area contributed by atoms with Gasteiger partial charge in [-0.05, 0) is 36.8 Å². The van der Waals surface area contributed by atoms with E-state index in [0.29, 0.717) is 0 Å². The van der Waals surface area contributed by atoms with E-state index in [2.05, 4.69) is 10.7 Å². The Morgan fingerprint density at radius 2 is 1.83 bits per heavy atom. The van der Waals surface area contributed by atoms with Crippen LogP contribution in [-0.4, -0.2) is 33.8 Å². The maximum atomic E-state index is 10.7. The number of rotatable bonds is 7. The van der Waals surface area contributed by atoms with Gasteiger partial charge in [0.05, 0.1) is 6.04 Å². The van der Waals surface area contributed by atoms with Gasteiger partial charge in [-0.25, -0.2) is 10.2 Å². The van der Waals surface area contributed by atoms with Gasteiger partial charge in [-0.2, -0.15) is 0 Å². The Morgan fingerprint density at radius 3 is 2.43 bits per heavy atom. The second kappa shape index (κ2) is 7.84. The van der Waals surface area contributed by atoms with E-state index in [1.165, 1.54) is 0 Å². The number of carboxylic acids is 1. The van der Waals surface area contributed by atoms with E-state index < -0.39 is 5.97 Å². The zero-order valence-corrected chi connectivity index (χ0v) is 12.8. The third-order valence-electron chi connectivity index (χ3n) is 3.23. The van der Waals surface area contributed by atoms with Crippen molar-refractivity contribution >= 4 is 18.0 Å². The zero-order valence-electron chi connectivity index (χ0n) is 12.8. The SMILES string of the molecule is C[C@H](N[N+](=CNCC(=O)O)c1ccc(O)cc1)c1ccccc1. The number of nitrogens with zero attached hydrogens (tertiary/aromatic N) is 1. The van der Waals surface area contributed by atoms with Crippen molar-refractivity contribution in [2.75, 3.05) is 6.54 Å². The summed E-state index contributed by atoms with van der Waals surface area (Å²) in [6, 6.07) is 16.5. The second-order valence-corrected chi connectivity index (χ2v) is 5.05. The lowest BCUT2D eigenvalue weighted by atomic mass is 10.1. The lowest BCUT2D eigenvalue weighted by molar-refractivity contribution is -0.512. The van der Waals surface area contributed by atoms with Crippen LogP contribution in [0, 0.1) is 0 Å². The Kier molecular flexibility index (Phi) is 5.57. The molecule has 0 fully saturated rings. The number of hydrogen-bond acceptors (Lipinski definition) is 3. The number of hydrazone groups is 1. The molecule has 0 bridgehead atoms. The molecule has 0 radical (unpaired) electrons. The van der Waals surface area contributed by atoms with Gasteiger partial charge in [0.1, 0.15) is 5.75 Å². The Morgan fingerprint density at radius 1 is 1.17 bits per heavy atom. The lowest BCUT2D eigenvalue weighted by Gasteiger charge is -2.16. The summed E-state index contributed by atoms with van der Waals surface area (Å²) in [5.41, 5.74) is 5.15. The molecule has 2 aromatic rings. The van der Waals surface area contributed by atoms with Gasteiger partial charge in [0, 0.05) is 0 Å². The minimum absolute atomic E-state index is 0.00730. The number of aliphatic carboxylic acids is 1. The summed E-state index contributed by atoms with van der Waals surface area (Å²) < 4.78 is 1.69. The van der Waals surface area contributed by atoms with Gasteiger partial charge in [-0.1, -0.05) is 30.3 Å². The number of carbonyl (C=O) groups is 1. The summed E-state index contributed by atoms with van der Waals surface area (Å²) in [6.07, 6.45) is 1.56. The van der Waals surface area contributed by atoms with Gasteiger partial charge in [0.2, 0.25) is 0 Å². The topological polar surface area (TPSA) is 84.6 Å². The standard InChI is InChI=1S/C17H19N3O3/c1-13(14-5-3-2-4-6-14)19-20(12-18-11-17(22)23)15-7-9-16(21)10-8-15/h2-10,12-13,19H,11H2,1H3,(H2,21,22,23)/p+1/t13-/m0/s1. The number of phenols is 1. The summed E-state index contributed by atoms with van der Waals surface area (Å²) in [7, 11) is 0. The van der Waals surface area contributed by atoms with Crippen LogP contribution in [-0.2, 0) is 4.79 Å². The minimum atomic E-state index is -0.942. The predicted octanol–water partition coefficient (Wildman–Crippen LogP) is 2.00. The highest BCUT2D eigenvalue weighted by Gasteiger charge is 2.11. The average molecular weight is 314 g/mol. The molecule has 0 aromatic heterocycles. The monoisotopic (exact) mass is 314 g/mol. The first-order chi connectivity index (χ1) is 11.1. The third-order valence-corrected chi connectivity index (χ3v) is 3.23. The van der Waals surface area contributed by atoms with Crippen LogP contribution in [0.3, 0.4) is 0 Å². The Labute approximate surface area is 134 Å². The van der Waals surface area contributed by atoms with Gasteiger partial charge in [0.15, 0.2) is 12.2 Å². The fraction of sp³-hybridized carbons (Fsp3) is 0.176. The summed E-state index contributed by atoms with van der Waals surface area (Å²) >= 11 is 0. The van der Waals surface area contributed by atoms with Crippen LogP contribution in [0.5, 0.6) is 5.75 Å². The number of aromatic hydroxyl groups is 1. The third kappa shape index (κ3) is 5.03. The molecule has 0 heterocycles. The normalized spacial score (nSPS) is 12.5. The molecule has 1 atom stereocenters. The van der Waals surface area contributed by atoms with Crippen LogP contribution in [0.15, 0.2) is 54.6 Å². The molecule has 0 aliphatic rings. The molecule has 6 nitrogen and oxygen atoms in total. The van der Waals surface area contributed by atoms with Crippen LogP contribution in [0.2, 0.25) is 0 Å². The van der Waals surface area contributed by atoms with Crippen molar-refractivity contribution < 1.29 is 19.7 Å². The molecule has 0 saturated carbocycles. The van der Waals surface area contributed by atoms with Crippen molar-refractivity contribution in [3.63, 3.8) is 0 Å². The number of hydrazine groups is 1. The van der Waals surface area contributed by atoms with Gasteiger partial charge in [-0.15, -0.1) is 4.68 Å².